The lowest BCUT2D eigenvalue weighted by molar-refractivity contribution is 0.390. The normalized spacial score (nSPS) is 29.9. The van der Waals surface area contributed by atoms with E-state index in [-0.39, 0.29) is 6.04 Å². The Labute approximate surface area is 115 Å². The molecule has 2 bridgehead atoms. The van der Waals surface area contributed by atoms with Crippen LogP contribution in [-0.4, -0.2) is 14.5 Å². The van der Waals surface area contributed by atoms with Gasteiger partial charge >= 0.3 is 0 Å². The zero-order valence-electron chi connectivity index (χ0n) is 11.5. The molecule has 0 heterocycles. The molecular formula is C15H21NO2S. The summed E-state index contributed by atoms with van der Waals surface area (Å²) in [7, 11) is -3.37. The standard InChI is InChI=1S/C15H21NO2S/c1-10-3-4-11(2)15(7-10)19(17,18)16-14-9-12-5-6-13(14)8-12/h3-4,7,12-14,16H,5-6,8-9H2,1-2H3/t12-,13-,14-/m0/s1. The maximum absolute atomic E-state index is 12.5. The second kappa shape index (κ2) is 4.60. The fourth-order valence-electron chi connectivity index (χ4n) is 3.65. The lowest BCUT2D eigenvalue weighted by atomic mass is 9.96. The van der Waals surface area contributed by atoms with E-state index in [2.05, 4.69) is 4.72 Å². The quantitative estimate of drug-likeness (QED) is 0.924. The molecule has 1 aromatic rings. The molecule has 2 aliphatic rings. The minimum atomic E-state index is -3.37. The highest BCUT2D eigenvalue weighted by Gasteiger charge is 2.41. The Morgan fingerprint density at radius 3 is 2.58 bits per heavy atom. The molecule has 3 nitrogen and oxygen atoms in total. The van der Waals surface area contributed by atoms with Gasteiger partial charge in [-0.2, -0.15) is 0 Å². The minimum absolute atomic E-state index is 0.156. The predicted octanol–water partition coefficient (Wildman–Crippen LogP) is 2.77. The van der Waals surface area contributed by atoms with E-state index < -0.39 is 10.0 Å². The third kappa shape index (κ3) is 2.43. The summed E-state index contributed by atoms with van der Waals surface area (Å²) < 4.78 is 28.0. The van der Waals surface area contributed by atoms with Crippen LogP contribution in [0, 0.1) is 25.7 Å². The van der Waals surface area contributed by atoms with E-state index in [1.807, 2.05) is 26.0 Å². The number of nitrogens with one attached hydrogen (secondary N) is 1. The summed E-state index contributed by atoms with van der Waals surface area (Å²) in [5.74, 6) is 1.31. The van der Waals surface area contributed by atoms with Gasteiger partial charge in [0.05, 0.1) is 4.90 Å². The van der Waals surface area contributed by atoms with Crippen molar-refractivity contribution in [2.75, 3.05) is 0 Å². The van der Waals surface area contributed by atoms with Gasteiger partial charge in [0.1, 0.15) is 0 Å². The van der Waals surface area contributed by atoms with Gasteiger partial charge in [-0.25, -0.2) is 13.1 Å². The molecule has 2 aliphatic carbocycles. The summed E-state index contributed by atoms with van der Waals surface area (Å²) >= 11 is 0. The van der Waals surface area contributed by atoms with Crippen molar-refractivity contribution in [1.82, 2.24) is 4.72 Å². The number of aryl methyl sites for hydroxylation is 2. The lowest BCUT2D eigenvalue weighted by Gasteiger charge is -2.23. The molecule has 104 valence electrons. The smallest absolute Gasteiger partial charge is 0.208 e. The topological polar surface area (TPSA) is 46.2 Å². The molecule has 4 heteroatoms. The molecule has 0 radical (unpaired) electrons. The number of rotatable bonds is 3. The average Bonchev–Trinajstić information content (AvgIpc) is 2.93. The van der Waals surface area contributed by atoms with Gasteiger partial charge in [0.25, 0.3) is 0 Å². The molecule has 0 spiro atoms. The first-order valence-corrected chi connectivity index (χ1v) is 8.53. The van der Waals surface area contributed by atoms with Gasteiger partial charge in [0.15, 0.2) is 0 Å². The van der Waals surface area contributed by atoms with Gasteiger partial charge in [-0.05, 0) is 62.1 Å². The van der Waals surface area contributed by atoms with Gasteiger partial charge in [-0.15, -0.1) is 0 Å². The van der Waals surface area contributed by atoms with Crippen molar-refractivity contribution >= 4 is 10.0 Å². The van der Waals surface area contributed by atoms with Crippen molar-refractivity contribution in [3.05, 3.63) is 29.3 Å². The molecule has 2 saturated carbocycles. The van der Waals surface area contributed by atoms with Crippen LogP contribution in [0.5, 0.6) is 0 Å². The third-order valence-corrected chi connectivity index (χ3v) is 6.31. The van der Waals surface area contributed by atoms with Gasteiger partial charge in [-0.3, -0.25) is 0 Å². The monoisotopic (exact) mass is 279 g/mol. The highest BCUT2D eigenvalue weighted by molar-refractivity contribution is 7.89. The fourth-order valence-corrected chi connectivity index (χ4v) is 5.30. The van der Waals surface area contributed by atoms with Crippen molar-refractivity contribution < 1.29 is 8.42 Å². The molecular weight excluding hydrogens is 258 g/mol. The van der Waals surface area contributed by atoms with Crippen LogP contribution in [0.15, 0.2) is 23.1 Å². The van der Waals surface area contributed by atoms with E-state index in [0.717, 1.165) is 23.5 Å². The Morgan fingerprint density at radius 1 is 1.16 bits per heavy atom. The third-order valence-electron chi connectivity index (χ3n) is 4.68. The first-order valence-electron chi connectivity index (χ1n) is 7.05. The van der Waals surface area contributed by atoms with Crippen LogP contribution in [0.4, 0.5) is 0 Å². The van der Waals surface area contributed by atoms with Crippen molar-refractivity contribution in [1.29, 1.82) is 0 Å². The molecule has 1 aromatic carbocycles. The summed E-state index contributed by atoms with van der Waals surface area (Å²) in [4.78, 5) is 0.440. The fraction of sp³-hybridized carbons (Fsp3) is 0.600. The average molecular weight is 279 g/mol. The lowest BCUT2D eigenvalue weighted by Crippen LogP contribution is -2.38. The van der Waals surface area contributed by atoms with E-state index in [1.54, 1.807) is 6.07 Å². The van der Waals surface area contributed by atoms with Gasteiger partial charge in [0.2, 0.25) is 10.0 Å². The summed E-state index contributed by atoms with van der Waals surface area (Å²) in [5.41, 5.74) is 1.81. The van der Waals surface area contributed by atoms with Crippen LogP contribution in [0.25, 0.3) is 0 Å². The SMILES string of the molecule is Cc1ccc(C)c(S(=O)(=O)N[C@H]2C[C@H]3CC[C@H]2C3)c1. The summed E-state index contributed by atoms with van der Waals surface area (Å²) in [5, 5.41) is 0. The summed E-state index contributed by atoms with van der Waals surface area (Å²) in [6.45, 7) is 3.78. The van der Waals surface area contributed by atoms with Gasteiger partial charge in [0, 0.05) is 6.04 Å². The Bertz CT molecular complexity index is 594. The molecule has 3 atom stereocenters. The van der Waals surface area contributed by atoms with Crippen molar-refractivity contribution in [2.45, 2.75) is 50.5 Å². The number of benzene rings is 1. The maximum atomic E-state index is 12.5. The Balaban J connectivity index is 1.85. The number of hydrogen-bond donors (Lipinski definition) is 1. The van der Waals surface area contributed by atoms with E-state index in [0.29, 0.717) is 10.8 Å². The zero-order valence-corrected chi connectivity index (χ0v) is 12.3. The van der Waals surface area contributed by atoms with Gasteiger partial charge in [-0.1, -0.05) is 18.6 Å². The molecule has 19 heavy (non-hydrogen) atoms. The minimum Gasteiger partial charge on any atom is -0.208 e. The number of sulfonamides is 1. The Kier molecular flexibility index (Phi) is 3.18. The van der Waals surface area contributed by atoms with Crippen LogP contribution < -0.4 is 4.72 Å². The highest BCUT2D eigenvalue weighted by atomic mass is 32.2. The molecule has 0 amide bonds. The maximum Gasteiger partial charge on any atom is 0.241 e. The predicted molar refractivity (Wildman–Crippen MR) is 75.5 cm³/mol. The van der Waals surface area contributed by atoms with Crippen molar-refractivity contribution in [3.8, 4) is 0 Å². The van der Waals surface area contributed by atoms with E-state index in [1.165, 1.54) is 19.3 Å². The Morgan fingerprint density at radius 2 is 1.95 bits per heavy atom. The van der Waals surface area contributed by atoms with Crippen molar-refractivity contribution in [3.63, 3.8) is 0 Å². The first-order chi connectivity index (χ1) is 8.95. The van der Waals surface area contributed by atoms with Crippen LogP contribution >= 0.6 is 0 Å². The molecule has 0 aliphatic heterocycles. The van der Waals surface area contributed by atoms with Crippen LogP contribution in [0.1, 0.15) is 36.8 Å². The van der Waals surface area contributed by atoms with E-state index >= 15 is 0 Å². The second-order valence-electron chi connectivity index (χ2n) is 6.17. The number of fused-ring (bicyclic) bond motifs is 2. The Hall–Kier alpha value is -0.870. The highest BCUT2D eigenvalue weighted by Crippen LogP contribution is 2.44. The van der Waals surface area contributed by atoms with Crippen LogP contribution in [-0.2, 0) is 10.0 Å². The molecule has 3 rings (SSSR count). The van der Waals surface area contributed by atoms with E-state index in [9.17, 15) is 8.42 Å². The van der Waals surface area contributed by atoms with Crippen molar-refractivity contribution in [2.24, 2.45) is 11.8 Å². The summed E-state index contributed by atoms with van der Waals surface area (Å²) in [6, 6.07) is 5.75. The van der Waals surface area contributed by atoms with Gasteiger partial charge < -0.3 is 0 Å². The first kappa shape index (κ1) is 13.1. The number of hydrogen-bond acceptors (Lipinski definition) is 2. The molecule has 0 aromatic heterocycles. The summed E-state index contributed by atoms with van der Waals surface area (Å²) in [6.07, 6.45) is 4.70. The second-order valence-corrected chi connectivity index (χ2v) is 7.85. The zero-order chi connectivity index (χ0) is 13.6. The van der Waals surface area contributed by atoms with Crippen LogP contribution in [0.3, 0.4) is 0 Å². The van der Waals surface area contributed by atoms with E-state index in [4.69, 9.17) is 0 Å². The molecule has 2 fully saturated rings. The molecule has 0 unspecified atom stereocenters. The largest absolute Gasteiger partial charge is 0.241 e. The molecule has 1 N–H and O–H groups in total. The van der Waals surface area contributed by atoms with Crippen LogP contribution in [0.2, 0.25) is 0 Å². The molecule has 0 saturated heterocycles.